The summed E-state index contributed by atoms with van der Waals surface area (Å²) in [5.41, 5.74) is 2.95. The molecule has 2 saturated carbocycles. The van der Waals surface area contributed by atoms with Crippen molar-refractivity contribution in [3.05, 3.63) is 23.9 Å². The van der Waals surface area contributed by atoms with Gasteiger partial charge in [0.1, 0.15) is 0 Å². The first-order valence-electron chi connectivity index (χ1n) is 10.7. The molecule has 0 N–H and O–H groups in total. The Labute approximate surface area is 150 Å². The first kappa shape index (κ1) is 18.1. The minimum atomic E-state index is 0.933. The molecule has 1 aliphatic heterocycles. The monoisotopic (exact) mass is 329 g/mol. The molecule has 0 aromatic rings. The largest absolute Gasteiger partial charge is 0.375 e. The van der Waals surface area contributed by atoms with Crippen molar-refractivity contribution in [2.24, 2.45) is 23.7 Å². The zero-order valence-electron chi connectivity index (χ0n) is 16.2. The number of hydrogen-bond acceptors (Lipinski definition) is 1. The van der Waals surface area contributed by atoms with Crippen LogP contribution in [-0.2, 0) is 0 Å². The minimum absolute atomic E-state index is 0.933. The molecule has 1 heteroatoms. The number of nitrogens with zero attached hydrogens (tertiary/aromatic N) is 1. The summed E-state index contributed by atoms with van der Waals surface area (Å²) >= 11 is 0. The van der Waals surface area contributed by atoms with Gasteiger partial charge in [0.25, 0.3) is 0 Å². The molecule has 4 unspecified atom stereocenters. The van der Waals surface area contributed by atoms with Crippen LogP contribution in [0.4, 0.5) is 0 Å². The highest BCUT2D eigenvalue weighted by molar-refractivity contribution is 5.02. The highest BCUT2D eigenvalue weighted by atomic mass is 15.1. The van der Waals surface area contributed by atoms with Crippen LogP contribution in [0.15, 0.2) is 23.9 Å². The van der Waals surface area contributed by atoms with Gasteiger partial charge in [-0.15, -0.1) is 0 Å². The van der Waals surface area contributed by atoms with Gasteiger partial charge in [-0.05, 0) is 95.3 Å². The Hall–Kier alpha value is -0.720. The topological polar surface area (TPSA) is 3.24 Å². The van der Waals surface area contributed by atoms with Crippen LogP contribution in [0.25, 0.3) is 0 Å². The van der Waals surface area contributed by atoms with E-state index >= 15 is 0 Å². The van der Waals surface area contributed by atoms with Crippen LogP contribution in [0.3, 0.4) is 0 Å². The van der Waals surface area contributed by atoms with Crippen molar-refractivity contribution in [3.63, 3.8) is 0 Å². The smallest absolute Gasteiger partial charge is 0.0175 e. The van der Waals surface area contributed by atoms with E-state index in [1.54, 1.807) is 0 Å². The fraction of sp³-hybridized carbons (Fsp3) is 0.826. The standard InChI is InChI=1S/C23H39N/c1-18(2)9-4-5-11-22-20-10-8-12-23(22)21(14-13-20)17-19(3)24-15-6-7-16-24/h9,20-23H,3-8,10-17H2,1-2H3. The van der Waals surface area contributed by atoms with Gasteiger partial charge in [0, 0.05) is 18.8 Å². The van der Waals surface area contributed by atoms with Crippen LogP contribution in [0, 0.1) is 23.7 Å². The lowest BCUT2D eigenvalue weighted by Gasteiger charge is -2.48. The number of allylic oxidation sites excluding steroid dienone is 3. The first-order chi connectivity index (χ1) is 11.6. The van der Waals surface area contributed by atoms with Crippen molar-refractivity contribution in [2.45, 2.75) is 84.5 Å². The fourth-order valence-corrected chi connectivity index (χ4v) is 5.89. The third-order valence-electron chi connectivity index (χ3n) is 7.13. The molecule has 4 atom stereocenters. The van der Waals surface area contributed by atoms with Crippen LogP contribution < -0.4 is 0 Å². The van der Waals surface area contributed by atoms with Gasteiger partial charge in [-0.25, -0.2) is 0 Å². The Balaban J connectivity index is 1.55. The lowest BCUT2D eigenvalue weighted by Crippen LogP contribution is -2.39. The van der Waals surface area contributed by atoms with Crippen molar-refractivity contribution in [1.82, 2.24) is 4.90 Å². The summed E-state index contributed by atoms with van der Waals surface area (Å²) in [5.74, 6) is 4.01. The number of rotatable bonds is 7. The van der Waals surface area contributed by atoms with Crippen LogP contribution in [0.2, 0.25) is 0 Å². The molecular formula is C23H39N. The Bertz CT molecular complexity index is 439. The zero-order valence-corrected chi connectivity index (χ0v) is 16.2. The summed E-state index contributed by atoms with van der Waals surface area (Å²) in [6.45, 7) is 11.5. The summed E-state index contributed by atoms with van der Waals surface area (Å²) in [7, 11) is 0. The van der Waals surface area contributed by atoms with E-state index in [9.17, 15) is 0 Å². The minimum Gasteiger partial charge on any atom is -0.375 e. The Morgan fingerprint density at radius 1 is 1.04 bits per heavy atom. The summed E-state index contributed by atoms with van der Waals surface area (Å²) in [4.78, 5) is 2.58. The Kier molecular flexibility index (Phi) is 6.47. The molecule has 0 aromatic heterocycles. The molecule has 3 aliphatic rings. The third kappa shape index (κ3) is 4.46. The number of likely N-dealkylation sites (tertiary alicyclic amines) is 1. The van der Waals surface area contributed by atoms with Crippen LogP contribution in [0.1, 0.15) is 84.5 Å². The molecule has 1 nitrogen and oxygen atoms in total. The van der Waals surface area contributed by atoms with Gasteiger partial charge >= 0.3 is 0 Å². The van der Waals surface area contributed by atoms with E-state index in [1.165, 1.54) is 95.0 Å². The average molecular weight is 330 g/mol. The van der Waals surface area contributed by atoms with Gasteiger partial charge in [-0.3, -0.25) is 0 Å². The fourth-order valence-electron chi connectivity index (χ4n) is 5.89. The second-order valence-corrected chi connectivity index (χ2v) is 9.03. The second-order valence-electron chi connectivity index (χ2n) is 9.03. The Morgan fingerprint density at radius 3 is 2.58 bits per heavy atom. The normalized spacial score (nSPS) is 32.7. The summed E-state index contributed by atoms with van der Waals surface area (Å²) in [6, 6.07) is 0. The third-order valence-corrected chi connectivity index (χ3v) is 7.13. The molecule has 0 amide bonds. The molecule has 3 rings (SSSR count). The van der Waals surface area contributed by atoms with E-state index in [-0.39, 0.29) is 0 Å². The second kappa shape index (κ2) is 8.59. The maximum absolute atomic E-state index is 4.47. The summed E-state index contributed by atoms with van der Waals surface area (Å²) in [6.07, 6.45) is 18.2. The maximum Gasteiger partial charge on any atom is 0.0175 e. The van der Waals surface area contributed by atoms with Crippen LogP contribution in [-0.4, -0.2) is 18.0 Å². The van der Waals surface area contributed by atoms with E-state index < -0.39 is 0 Å². The molecule has 0 radical (unpaired) electrons. The number of fused-ring (bicyclic) bond motifs is 2. The molecule has 1 heterocycles. The molecule has 24 heavy (non-hydrogen) atoms. The van der Waals surface area contributed by atoms with Gasteiger partial charge in [0.2, 0.25) is 0 Å². The van der Waals surface area contributed by atoms with Gasteiger partial charge < -0.3 is 4.90 Å². The van der Waals surface area contributed by atoms with Crippen molar-refractivity contribution in [2.75, 3.05) is 13.1 Å². The van der Waals surface area contributed by atoms with Gasteiger partial charge in [0.15, 0.2) is 0 Å². The number of hydrogen-bond donors (Lipinski definition) is 0. The molecular weight excluding hydrogens is 290 g/mol. The highest BCUT2D eigenvalue weighted by Gasteiger charge is 2.41. The molecule has 1 saturated heterocycles. The molecule has 2 aliphatic carbocycles. The van der Waals surface area contributed by atoms with Crippen molar-refractivity contribution in [1.29, 1.82) is 0 Å². The maximum atomic E-state index is 4.47. The first-order valence-corrected chi connectivity index (χ1v) is 10.7. The van der Waals surface area contributed by atoms with E-state index in [1.807, 2.05) is 0 Å². The van der Waals surface area contributed by atoms with Gasteiger partial charge in [0.05, 0.1) is 0 Å². The van der Waals surface area contributed by atoms with Crippen molar-refractivity contribution < 1.29 is 0 Å². The zero-order chi connectivity index (χ0) is 16.9. The summed E-state index contributed by atoms with van der Waals surface area (Å²) < 4.78 is 0. The predicted molar refractivity (Wildman–Crippen MR) is 105 cm³/mol. The molecule has 2 bridgehead atoms. The van der Waals surface area contributed by atoms with Gasteiger partial charge in [-0.1, -0.05) is 31.1 Å². The van der Waals surface area contributed by atoms with Gasteiger partial charge in [-0.2, -0.15) is 0 Å². The Morgan fingerprint density at radius 2 is 1.83 bits per heavy atom. The van der Waals surface area contributed by atoms with Crippen molar-refractivity contribution >= 4 is 0 Å². The van der Waals surface area contributed by atoms with E-state index in [2.05, 4.69) is 31.4 Å². The molecule has 3 fully saturated rings. The van der Waals surface area contributed by atoms with E-state index in [4.69, 9.17) is 0 Å². The molecule has 136 valence electrons. The van der Waals surface area contributed by atoms with E-state index in [0.717, 1.165) is 23.7 Å². The van der Waals surface area contributed by atoms with Crippen molar-refractivity contribution in [3.8, 4) is 0 Å². The average Bonchev–Trinajstić information content (AvgIpc) is 3.08. The van der Waals surface area contributed by atoms with E-state index in [0.29, 0.717) is 0 Å². The van der Waals surface area contributed by atoms with Crippen LogP contribution in [0.5, 0.6) is 0 Å². The van der Waals surface area contributed by atoms with Crippen LogP contribution >= 0.6 is 0 Å². The number of unbranched alkanes of at least 4 members (excludes halogenated alkanes) is 1. The molecule has 0 spiro atoms. The predicted octanol–water partition coefficient (Wildman–Crippen LogP) is 6.57. The quantitative estimate of drug-likeness (QED) is 0.377. The molecule has 0 aromatic carbocycles. The SMILES string of the molecule is C=C(CC1CCC2CCCC1C2CCCC=C(C)C)N1CCCC1. The lowest BCUT2D eigenvalue weighted by molar-refractivity contribution is 0.0316. The summed E-state index contributed by atoms with van der Waals surface area (Å²) in [5, 5.41) is 0. The highest BCUT2D eigenvalue weighted by Crippen LogP contribution is 2.51. The lowest BCUT2D eigenvalue weighted by atomic mass is 9.58.